The molecule has 0 aromatic carbocycles. The van der Waals surface area contributed by atoms with Crippen molar-refractivity contribution >= 4 is 27.5 Å². The van der Waals surface area contributed by atoms with Gasteiger partial charge in [-0.2, -0.15) is 0 Å². The number of hydrogen-bond acceptors (Lipinski definition) is 4. The maximum absolute atomic E-state index is 5.82. The normalized spacial score (nSPS) is 11.6. The van der Waals surface area contributed by atoms with Crippen LogP contribution in [0.1, 0.15) is 5.82 Å². The zero-order valence-corrected chi connectivity index (χ0v) is 11.6. The molecule has 2 aromatic heterocycles. The fourth-order valence-corrected chi connectivity index (χ4v) is 1.86. The molecule has 0 unspecified atom stereocenters. The lowest BCUT2D eigenvalue weighted by Crippen LogP contribution is -2.22. The zero-order valence-electron chi connectivity index (χ0n) is 9.29. The molecule has 0 amide bonds. The Hall–Kier alpha value is -1.53. The van der Waals surface area contributed by atoms with Gasteiger partial charge < -0.3 is 4.57 Å². The van der Waals surface area contributed by atoms with Crippen molar-refractivity contribution in [3.63, 3.8) is 0 Å². The van der Waals surface area contributed by atoms with Crippen molar-refractivity contribution < 1.29 is 0 Å². The lowest BCUT2D eigenvalue weighted by atomic mass is 10.5. The molecule has 92 valence electrons. The van der Waals surface area contributed by atoms with E-state index in [-0.39, 0.29) is 0 Å². The molecule has 0 aliphatic carbocycles. The third-order valence-electron chi connectivity index (χ3n) is 2.07. The van der Waals surface area contributed by atoms with Gasteiger partial charge in [0.05, 0.1) is 12.7 Å². The predicted octanol–water partition coefficient (Wildman–Crippen LogP) is 2.18. The van der Waals surface area contributed by atoms with Crippen molar-refractivity contribution in [2.75, 3.05) is 0 Å². The molecule has 18 heavy (non-hydrogen) atoms. The SMILES string of the molecule is C=C/N=c1/cnc(Br)cn1Cc1nccc(Cl)n1. The smallest absolute Gasteiger partial charge is 0.151 e. The van der Waals surface area contributed by atoms with Gasteiger partial charge >= 0.3 is 0 Å². The Balaban J connectivity index is 2.42. The molecule has 0 fully saturated rings. The minimum atomic E-state index is 0.413. The number of nitrogens with zero attached hydrogens (tertiary/aromatic N) is 5. The second-order valence-corrected chi connectivity index (χ2v) is 4.50. The van der Waals surface area contributed by atoms with Crippen molar-refractivity contribution in [3.8, 4) is 0 Å². The van der Waals surface area contributed by atoms with Crippen molar-refractivity contribution in [2.45, 2.75) is 6.54 Å². The van der Waals surface area contributed by atoms with E-state index in [2.05, 4.69) is 42.5 Å². The summed E-state index contributed by atoms with van der Waals surface area (Å²) >= 11 is 9.13. The molecule has 0 bridgehead atoms. The molecule has 7 heteroatoms. The van der Waals surface area contributed by atoms with Crippen molar-refractivity contribution in [3.05, 3.63) is 58.5 Å². The molecule has 0 aliphatic heterocycles. The first-order chi connectivity index (χ1) is 8.69. The average molecular weight is 327 g/mol. The summed E-state index contributed by atoms with van der Waals surface area (Å²) in [5.74, 6) is 0.603. The van der Waals surface area contributed by atoms with Gasteiger partial charge in [-0.05, 0) is 22.0 Å². The van der Waals surface area contributed by atoms with Crippen LogP contribution in [0.15, 0.2) is 47.0 Å². The molecular formula is C11H9BrClN5. The highest BCUT2D eigenvalue weighted by Crippen LogP contribution is 2.05. The second-order valence-electron chi connectivity index (χ2n) is 3.30. The van der Waals surface area contributed by atoms with E-state index in [9.17, 15) is 0 Å². The van der Waals surface area contributed by atoms with E-state index >= 15 is 0 Å². The number of halogens is 2. The summed E-state index contributed by atoms with van der Waals surface area (Å²) < 4.78 is 2.55. The Morgan fingerprint density at radius 2 is 2.33 bits per heavy atom. The van der Waals surface area contributed by atoms with Crippen LogP contribution in [0.5, 0.6) is 0 Å². The van der Waals surface area contributed by atoms with E-state index in [4.69, 9.17) is 11.6 Å². The molecule has 2 aromatic rings. The van der Waals surface area contributed by atoms with Crippen LogP contribution < -0.4 is 5.49 Å². The van der Waals surface area contributed by atoms with E-state index in [1.54, 1.807) is 24.7 Å². The maximum atomic E-state index is 5.82. The summed E-state index contributed by atoms with van der Waals surface area (Å²) in [6.45, 7) is 4.02. The standard InChI is InChI=1S/C11H9BrClN5/c1-2-14-11-5-16-8(12)6-18(11)7-10-15-4-3-9(13)17-10/h2-6H,1,7H2/b14-11-. The number of hydrogen-bond donors (Lipinski definition) is 0. The lowest BCUT2D eigenvalue weighted by molar-refractivity contribution is 0.689. The third-order valence-corrected chi connectivity index (χ3v) is 2.69. The molecule has 0 aliphatic rings. The Labute approximate surface area is 117 Å². The topological polar surface area (TPSA) is 56.0 Å². The van der Waals surface area contributed by atoms with Gasteiger partial charge in [-0.15, -0.1) is 0 Å². The first-order valence-electron chi connectivity index (χ1n) is 5.03. The van der Waals surface area contributed by atoms with Crippen LogP contribution in [0.25, 0.3) is 0 Å². The minimum Gasteiger partial charge on any atom is -0.321 e. The van der Waals surface area contributed by atoms with Crippen molar-refractivity contribution in [2.24, 2.45) is 4.99 Å². The van der Waals surface area contributed by atoms with Crippen LogP contribution in [-0.4, -0.2) is 19.5 Å². The first-order valence-corrected chi connectivity index (χ1v) is 6.20. The first kappa shape index (κ1) is 12.9. The highest BCUT2D eigenvalue weighted by atomic mass is 79.9. The summed E-state index contributed by atoms with van der Waals surface area (Å²) in [5, 5.41) is 0.413. The summed E-state index contributed by atoms with van der Waals surface area (Å²) in [4.78, 5) is 16.5. The van der Waals surface area contributed by atoms with Gasteiger partial charge in [0.1, 0.15) is 15.6 Å². The predicted molar refractivity (Wildman–Crippen MR) is 71.8 cm³/mol. The van der Waals surface area contributed by atoms with Gasteiger partial charge in [0.2, 0.25) is 0 Å². The van der Waals surface area contributed by atoms with Crippen molar-refractivity contribution in [1.82, 2.24) is 19.5 Å². The van der Waals surface area contributed by atoms with Gasteiger partial charge in [-0.1, -0.05) is 18.2 Å². The summed E-state index contributed by atoms with van der Waals surface area (Å²) in [6.07, 6.45) is 6.51. The van der Waals surface area contributed by atoms with Crippen LogP contribution in [0, 0.1) is 0 Å². The van der Waals surface area contributed by atoms with E-state index in [1.165, 1.54) is 6.20 Å². The van der Waals surface area contributed by atoms with Crippen LogP contribution in [0.2, 0.25) is 5.15 Å². The van der Waals surface area contributed by atoms with Crippen LogP contribution in [-0.2, 0) is 6.54 Å². The quantitative estimate of drug-likeness (QED) is 0.812. The molecule has 2 heterocycles. The molecule has 0 radical (unpaired) electrons. The van der Waals surface area contributed by atoms with E-state index in [0.717, 1.165) is 0 Å². The Bertz CT molecular complexity index is 637. The van der Waals surface area contributed by atoms with Crippen molar-refractivity contribution in [1.29, 1.82) is 0 Å². The number of rotatable bonds is 3. The lowest BCUT2D eigenvalue weighted by Gasteiger charge is -2.06. The molecule has 5 nitrogen and oxygen atoms in total. The molecular weight excluding hydrogens is 318 g/mol. The average Bonchev–Trinajstić information content (AvgIpc) is 2.33. The van der Waals surface area contributed by atoms with Crippen LogP contribution in [0.3, 0.4) is 0 Å². The van der Waals surface area contributed by atoms with Gasteiger partial charge in [0.15, 0.2) is 5.49 Å². The Morgan fingerprint density at radius 3 is 3.06 bits per heavy atom. The molecule has 0 saturated carbocycles. The van der Waals surface area contributed by atoms with Gasteiger partial charge in [-0.3, -0.25) is 0 Å². The number of aromatic nitrogens is 4. The third kappa shape index (κ3) is 3.24. The van der Waals surface area contributed by atoms with Crippen LogP contribution in [0.4, 0.5) is 0 Å². The van der Waals surface area contributed by atoms with Crippen LogP contribution >= 0.6 is 27.5 Å². The highest BCUT2D eigenvalue weighted by Gasteiger charge is 2.01. The fourth-order valence-electron chi connectivity index (χ4n) is 1.35. The summed E-state index contributed by atoms with van der Waals surface area (Å²) in [6, 6.07) is 1.63. The largest absolute Gasteiger partial charge is 0.321 e. The van der Waals surface area contributed by atoms with Gasteiger partial charge in [0.25, 0.3) is 0 Å². The molecule has 0 spiro atoms. The Morgan fingerprint density at radius 1 is 1.50 bits per heavy atom. The van der Waals surface area contributed by atoms with Gasteiger partial charge in [0, 0.05) is 18.6 Å². The monoisotopic (exact) mass is 325 g/mol. The van der Waals surface area contributed by atoms with E-state index in [0.29, 0.717) is 27.6 Å². The fraction of sp³-hybridized carbons (Fsp3) is 0.0909. The maximum Gasteiger partial charge on any atom is 0.151 e. The van der Waals surface area contributed by atoms with E-state index in [1.807, 2.05) is 4.57 Å². The molecule has 2 rings (SSSR count). The zero-order chi connectivity index (χ0) is 13.0. The molecule has 0 N–H and O–H groups in total. The molecule has 0 atom stereocenters. The highest BCUT2D eigenvalue weighted by molar-refractivity contribution is 9.10. The summed E-state index contributed by atoms with van der Waals surface area (Å²) in [7, 11) is 0. The second kappa shape index (κ2) is 5.88. The minimum absolute atomic E-state index is 0.413. The van der Waals surface area contributed by atoms with E-state index < -0.39 is 0 Å². The summed E-state index contributed by atoms with van der Waals surface area (Å²) in [5.41, 5.74) is 0.664. The van der Waals surface area contributed by atoms with Gasteiger partial charge in [-0.25, -0.2) is 19.9 Å². The Kier molecular flexibility index (Phi) is 4.22. The molecule has 0 saturated heterocycles.